The van der Waals surface area contributed by atoms with Crippen molar-refractivity contribution in [3.8, 4) is 0 Å². The smallest absolute Gasteiger partial charge is 0.254 e. The van der Waals surface area contributed by atoms with Crippen molar-refractivity contribution in [2.45, 2.75) is 50.2 Å². The van der Waals surface area contributed by atoms with Gasteiger partial charge in [0.05, 0.1) is 28.8 Å². The largest absolute Gasteiger partial charge is 0.339 e. The Hall–Kier alpha value is -3.65. The van der Waals surface area contributed by atoms with Crippen LogP contribution in [0.3, 0.4) is 0 Å². The number of benzene rings is 1. The number of pyridine rings is 1. The summed E-state index contributed by atoms with van der Waals surface area (Å²) in [6.45, 7) is 4.31. The summed E-state index contributed by atoms with van der Waals surface area (Å²) in [6.07, 6.45) is 8.01. The van der Waals surface area contributed by atoms with Crippen LogP contribution in [0.15, 0.2) is 47.1 Å². The van der Waals surface area contributed by atoms with Crippen molar-refractivity contribution in [3.63, 3.8) is 0 Å². The van der Waals surface area contributed by atoms with E-state index in [0.717, 1.165) is 33.2 Å². The average Bonchev–Trinajstić information content (AvgIpc) is 3.33. The first kappa shape index (κ1) is 29.4. The number of carbonyl (C=O) groups excluding carboxylic acids is 1. The number of nitrogens with one attached hydrogen (secondary N) is 3. The van der Waals surface area contributed by atoms with Gasteiger partial charge in [-0.15, -0.1) is 11.3 Å². The second kappa shape index (κ2) is 12.2. The summed E-state index contributed by atoms with van der Waals surface area (Å²) in [6, 6.07) is 7.75. The van der Waals surface area contributed by atoms with Gasteiger partial charge in [-0.3, -0.25) is 9.78 Å². The first-order valence-corrected chi connectivity index (χ1v) is 16.6. The maximum absolute atomic E-state index is 13.2. The summed E-state index contributed by atoms with van der Waals surface area (Å²) in [5.41, 5.74) is 4.81. The highest BCUT2D eigenvalue weighted by Crippen LogP contribution is 2.32. The molecule has 1 fully saturated rings. The molecule has 14 heteroatoms. The number of fused-ring (bicyclic) bond motifs is 6. The number of aryl methyl sites for hydroxylation is 4. The molecule has 11 nitrogen and oxygen atoms in total. The van der Waals surface area contributed by atoms with Gasteiger partial charge in [0.1, 0.15) is 5.02 Å². The predicted molar refractivity (Wildman–Crippen MR) is 168 cm³/mol. The Morgan fingerprint density at radius 3 is 2.65 bits per heavy atom. The van der Waals surface area contributed by atoms with Crippen molar-refractivity contribution in [2.24, 2.45) is 5.92 Å². The summed E-state index contributed by atoms with van der Waals surface area (Å²) in [5, 5.41) is 10.7. The van der Waals surface area contributed by atoms with Crippen molar-refractivity contribution in [1.29, 1.82) is 0 Å². The number of rotatable bonds is 5. The minimum atomic E-state index is -3.58. The number of halogens is 1. The van der Waals surface area contributed by atoms with E-state index >= 15 is 0 Å². The van der Waals surface area contributed by atoms with E-state index < -0.39 is 10.0 Å². The molecule has 0 radical (unpaired) electrons. The van der Waals surface area contributed by atoms with Crippen LogP contribution < -0.4 is 16.0 Å². The molecule has 0 atom stereocenters. The fraction of sp³-hybridized carbons (Fsp3) is 0.345. The van der Waals surface area contributed by atoms with Gasteiger partial charge in [-0.25, -0.2) is 18.4 Å². The zero-order valence-corrected chi connectivity index (χ0v) is 26.1. The monoisotopic (exact) mass is 638 g/mol. The lowest BCUT2D eigenvalue weighted by Gasteiger charge is -2.30. The lowest BCUT2D eigenvalue weighted by atomic mass is 9.94. The number of sulfonamides is 1. The number of amides is 1. The van der Waals surface area contributed by atoms with Crippen molar-refractivity contribution < 1.29 is 13.2 Å². The number of hydrogen-bond donors (Lipinski definition) is 3. The molecule has 1 aromatic carbocycles. The molecule has 4 aromatic rings. The van der Waals surface area contributed by atoms with Gasteiger partial charge in [-0.1, -0.05) is 11.6 Å². The molecule has 5 heterocycles. The molecule has 43 heavy (non-hydrogen) atoms. The minimum absolute atomic E-state index is 0.0912. The molecular weight excluding hydrogens is 608 g/mol. The van der Waals surface area contributed by atoms with Gasteiger partial charge in [-0.05, 0) is 80.8 Å². The zero-order chi connectivity index (χ0) is 30.1. The summed E-state index contributed by atoms with van der Waals surface area (Å²) in [4.78, 5) is 30.6. The van der Waals surface area contributed by atoms with Crippen LogP contribution in [0.25, 0.3) is 0 Å². The fourth-order valence-electron chi connectivity index (χ4n) is 5.44. The zero-order valence-electron chi connectivity index (χ0n) is 23.7. The van der Waals surface area contributed by atoms with E-state index in [9.17, 15) is 13.2 Å². The van der Waals surface area contributed by atoms with Crippen molar-refractivity contribution in [3.05, 3.63) is 69.7 Å². The van der Waals surface area contributed by atoms with Gasteiger partial charge in [0.2, 0.25) is 11.9 Å². The number of thiazole rings is 1. The number of nitrogens with zero attached hydrogens (tertiary/aromatic N) is 5. The van der Waals surface area contributed by atoms with Gasteiger partial charge in [-0.2, -0.15) is 9.29 Å². The molecule has 6 bridgehead atoms. The van der Waals surface area contributed by atoms with Gasteiger partial charge in [0.25, 0.3) is 10.0 Å². The Bertz CT molecular complexity index is 1790. The van der Waals surface area contributed by atoms with Crippen LogP contribution in [0.4, 0.5) is 28.8 Å². The van der Waals surface area contributed by atoms with Crippen molar-refractivity contribution in [1.82, 2.24) is 24.2 Å². The molecule has 3 N–H and O–H groups in total. The third-order valence-corrected chi connectivity index (χ3v) is 11.4. The molecule has 1 amide bonds. The Labute approximate surface area is 259 Å². The number of carbonyl (C=O) groups is 1. The summed E-state index contributed by atoms with van der Waals surface area (Å²) in [5.74, 6) is 0.856. The molecule has 0 unspecified atom stereocenters. The van der Waals surface area contributed by atoms with Crippen molar-refractivity contribution in [2.75, 3.05) is 29.0 Å². The molecule has 0 spiro atoms. The van der Waals surface area contributed by atoms with Crippen LogP contribution >= 0.6 is 22.9 Å². The number of piperidine rings is 1. The van der Waals surface area contributed by atoms with E-state index in [2.05, 4.69) is 35.9 Å². The average molecular weight is 639 g/mol. The Kier molecular flexibility index (Phi) is 8.32. The SMILES string of the molecule is Cc1nc(C)c(S(=O)(=O)N2CCC(CC(=O)Nc3ccc4cc3CCc3cncc(c3)Nc3ncc(Cl)c(n3)N4)CC2)s1. The maximum Gasteiger partial charge on any atom is 0.254 e. The number of hydrogen-bond acceptors (Lipinski definition) is 10. The number of aromatic nitrogens is 4. The molecule has 0 saturated carbocycles. The van der Waals surface area contributed by atoms with Crippen LogP contribution in [-0.4, -0.2) is 51.7 Å². The number of anilines is 5. The molecule has 6 rings (SSSR count). The second-order valence-corrected chi connectivity index (χ2v) is 14.5. The molecule has 0 aliphatic carbocycles. The predicted octanol–water partition coefficient (Wildman–Crippen LogP) is 5.61. The Morgan fingerprint density at radius 1 is 1.07 bits per heavy atom. The van der Waals surface area contributed by atoms with Gasteiger partial charge >= 0.3 is 0 Å². The Balaban J connectivity index is 1.15. The van der Waals surface area contributed by atoms with Gasteiger partial charge in [0.15, 0.2) is 10.0 Å². The highest BCUT2D eigenvalue weighted by atomic mass is 35.5. The van der Waals surface area contributed by atoms with Crippen LogP contribution in [0.1, 0.15) is 41.1 Å². The molecule has 2 aliphatic heterocycles. The first-order valence-electron chi connectivity index (χ1n) is 14.0. The minimum Gasteiger partial charge on any atom is -0.339 e. The third kappa shape index (κ3) is 6.64. The normalized spacial score (nSPS) is 15.8. The molecule has 1 saturated heterocycles. The van der Waals surface area contributed by atoms with Crippen LogP contribution in [-0.2, 0) is 27.7 Å². The van der Waals surface area contributed by atoms with Crippen LogP contribution in [0, 0.1) is 19.8 Å². The summed E-state index contributed by atoms with van der Waals surface area (Å²) in [7, 11) is -3.58. The standard InChI is InChI=1S/C29H31ClN8O3S2/c1-17-28(42-18(2)33-17)43(40,41)38-9-7-19(8-10-38)12-26(39)36-25-6-5-22-13-21(25)4-3-20-11-23(15-31-14-20)35-29-32-16-24(30)27(34-22)37-29/h5-6,11,13-16,19H,3-4,7-10,12H2,1-2H3,(H,36,39)(H2,32,34,35,37). The van der Waals surface area contributed by atoms with E-state index in [4.69, 9.17) is 11.6 Å². The molecule has 3 aromatic heterocycles. The molecular formula is C29H31ClN8O3S2. The Morgan fingerprint density at radius 2 is 1.88 bits per heavy atom. The highest BCUT2D eigenvalue weighted by Gasteiger charge is 2.33. The topological polar surface area (TPSA) is 142 Å². The first-order chi connectivity index (χ1) is 20.6. The fourth-order valence-corrected chi connectivity index (χ4v) is 8.67. The van der Waals surface area contributed by atoms with E-state index in [1.807, 2.05) is 37.4 Å². The lowest BCUT2D eigenvalue weighted by Crippen LogP contribution is -2.39. The quantitative estimate of drug-likeness (QED) is 0.254. The second-order valence-electron chi connectivity index (χ2n) is 10.8. The van der Waals surface area contributed by atoms with E-state index in [-0.39, 0.29) is 11.8 Å². The molecule has 2 aliphatic rings. The summed E-state index contributed by atoms with van der Waals surface area (Å²) >= 11 is 7.58. The van der Waals surface area contributed by atoms with Gasteiger partial charge < -0.3 is 16.0 Å². The lowest BCUT2D eigenvalue weighted by molar-refractivity contribution is -0.117. The maximum atomic E-state index is 13.2. The van der Waals surface area contributed by atoms with E-state index in [1.165, 1.54) is 21.8 Å². The van der Waals surface area contributed by atoms with Crippen LogP contribution in [0.5, 0.6) is 0 Å². The van der Waals surface area contributed by atoms with E-state index in [1.54, 1.807) is 13.1 Å². The van der Waals surface area contributed by atoms with Crippen molar-refractivity contribution >= 4 is 67.7 Å². The van der Waals surface area contributed by atoms with Crippen LogP contribution in [0.2, 0.25) is 5.02 Å². The van der Waals surface area contributed by atoms with Gasteiger partial charge in [0, 0.05) is 37.1 Å². The molecule has 224 valence electrons. The van der Waals surface area contributed by atoms with E-state index in [0.29, 0.717) is 71.9 Å². The third-order valence-electron chi connectivity index (χ3n) is 7.60. The summed E-state index contributed by atoms with van der Waals surface area (Å²) < 4.78 is 28.2. The highest BCUT2D eigenvalue weighted by molar-refractivity contribution is 7.91.